The van der Waals surface area contributed by atoms with Crippen LogP contribution < -0.4 is 0 Å². The predicted octanol–water partition coefficient (Wildman–Crippen LogP) is 14.2. The Bertz CT molecular complexity index is 396. The molecule has 4 fully saturated rings. The highest BCUT2D eigenvalue weighted by atomic mass is 15.2. The topological polar surface area (TPSA) is 13.0 Å². The number of nitrogens with zero attached hydrogens (tertiary/aromatic N) is 4. The molecule has 4 heteroatoms. The molecule has 0 saturated carbocycles. The first-order valence-corrected chi connectivity index (χ1v) is 22.2. The molecule has 4 heterocycles. The first-order chi connectivity index (χ1) is 23.2. The van der Waals surface area contributed by atoms with Crippen LogP contribution in [0.1, 0.15) is 218 Å². The van der Waals surface area contributed by atoms with Gasteiger partial charge in [0.25, 0.3) is 0 Å². The summed E-state index contributed by atoms with van der Waals surface area (Å²) in [6, 6.07) is 3.11. The summed E-state index contributed by atoms with van der Waals surface area (Å²) in [4.78, 5) is 10.1. The summed E-state index contributed by atoms with van der Waals surface area (Å²) in [5, 5.41) is 0. The van der Waals surface area contributed by atoms with Crippen LogP contribution in [0.15, 0.2) is 0 Å². The van der Waals surface area contributed by atoms with E-state index in [1.165, 1.54) is 104 Å². The van der Waals surface area contributed by atoms with E-state index in [0.717, 1.165) is 24.2 Å². The molecule has 304 valence electrons. The maximum Gasteiger partial charge on any atom is 0.00386 e. The molecule has 0 aromatic heterocycles. The van der Waals surface area contributed by atoms with Gasteiger partial charge in [-0.1, -0.05) is 117 Å². The van der Waals surface area contributed by atoms with E-state index in [1.807, 2.05) is 111 Å². The number of likely N-dealkylation sites (tertiary alicyclic amines) is 4. The van der Waals surface area contributed by atoms with Gasteiger partial charge in [-0.15, -0.1) is 0 Å². The van der Waals surface area contributed by atoms with Gasteiger partial charge in [-0.25, -0.2) is 0 Å². The molecule has 48 heavy (non-hydrogen) atoms. The molecule has 0 amide bonds. The minimum atomic E-state index is 0.769. The normalized spacial score (nSPS) is 16.2. The third-order valence-electron chi connectivity index (χ3n) is 7.48. The fourth-order valence-corrected chi connectivity index (χ4v) is 4.81. The fraction of sp³-hybridized carbons (Fsp3) is 1.00. The van der Waals surface area contributed by atoms with Crippen LogP contribution >= 0.6 is 0 Å². The zero-order valence-corrected chi connectivity index (χ0v) is 39.4. The van der Waals surface area contributed by atoms with Gasteiger partial charge in [0.05, 0.1) is 0 Å². The van der Waals surface area contributed by atoms with E-state index in [0.29, 0.717) is 0 Å². The Kier molecular flexibility index (Phi) is 85.4. The Morgan fingerprint density at radius 1 is 0.208 bits per heavy atom. The van der Waals surface area contributed by atoms with E-state index in [2.05, 4.69) is 75.0 Å². The third-order valence-corrected chi connectivity index (χ3v) is 7.48. The van der Waals surface area contributed by atoms with Crippen LogP contribution in [-0.2, 0) is 0 Å². The number of hydrogen-bond acceptors (Lipinski definition) is 4. The molecule has 4 aliphatic heterocycles. The van der Waals surface area contributed by atoms with Crippen molar-refractivity contribution in [2.75, 3.05) is 52.4 Å². The molecule has 0 aromatic rings. The average Bonchev–Trinajstić information content (AvgIpc) is 3.89. The number of rotatable bonds is 4. The molecule has 0 atom stereocenters. The van der Waals surface area contributed by atoms with Crippen molar-refractivity contribution in [2.24, 2.45) is 0 Å². The second kappa shape index (κ2) is 62.0. The van der Waals surface area contributed by atoms with Crippen molar-refractivity contribution in [3.8, 4) is 0 Å². The quantitative estimate of drug-likeness (QED) is 0.291. The minimum absolute atomic E-state index is 0.769. The summed E-state index contributed by atoms with van der Waals surface area (Å²) in [6.45, 7) is 60.8. The van der Waals surface area contributed by atoms with Gasteiger partial charge in [0.1, 0.15) is 0 Å². The highest BCUT2D eigenvalue weighted by Gasteiger charge is 2.16. The lowest BCUT2D eigenvalue weighted by molar-refractivity contribution is 0.138. The maximum atomic E-state index is 2.56. The van der Waals surface area contributed by atoms with Crippen molar-refractivity contribution in [1.29, 1.82) is 0 Å². The monoisotopic (exact) mass is 693 g/mol. The fourth-order valence-electron chi connectivity index (χ4n) is 4.81. The van der Waals surface area contributed by atoms with Crippen molar-refractivity contribution in [3.05, 3.63) is 0 Å². The van der Waals surface area contributed by atoms with Gasteiger partial charge in [0.2, 0.25) is 0 Å². The largest absolute Gasteiger partial charge is 0.301 e. The third kappa shape index (κ3) is 48.0. The summed E-state index contributed by atoms with van der Waals surface area (Å²) >= 11 is 0. The Hall–Kier alpha value is -0.160. The zero-order chi connectivity index (χ0) is 39.9. The summed E-state index contributed by atoms with van der Waals surface area (Å²) in [6.07, 6.45) is 11.4. The molecular weight excluding hydrogens is 585 g/mol. The van der Waals surface area contributed by atoms with Crippen molar-refractivity contribution in [1.82, 2.24) is 19.6 Å². The predicted molar refractivity (Wildman–Crippen MR) is 235 cm³/mol. The number of hydrogen-bond donors (Lipinski definition) is 0. The van der Waals surface area contributed by atoms with Gasteiger partial charge in [-0.05, 0) is 153 Å². The Morgan fingerprint density at radius 2 is 0.333 bits per heavy atom. The summed E-state index contributed by atoms with van der Waals surface area (Å²) < 4.78 is 0. The second-order valence-electron chi connectivity index (χ2n) is 11.3. The SMILES string of the molecule is CC.CC.CC.CC.CC.CC.CC.CC.CC(C)N1CCC1.CC(C)N1CCCC1.CC(C)N1CCCC1.CC(C)N1CCCCC1. The van der Waals surface area contributed by atoms with Crippen LogP contribution in [0.2, 0.25) is 0 Å². The number of piperidine rings is 1. The Balaban J connectivity index is -0.0000000650. The molecule has 0 radical (unpaired) electrons. The highest BCUT2D eigenvalue weighted by molar-refractivity contribution is 4.71. The lowest BCUT2D eigenvalue weighted by atomic mass is 10.1. The summed E-state index contributed by atoms with van der Waals surface area (Å²) in [5.74, 6) is 0. The molecular formula is C44H108N4. The van der Waals surface area contributed by atoms with E-state index >= 15 is 0 Å². The molecule has 0 spiro atoms. The molecule has 0 unspecified atom stereocenters. The molecule has 0 N–H and O–H groups in total. The molecule has 4 rings (SSSR count). The second-order valence-corrected chi connectivity index (χ2v) is 11.3. The van der Waals surface area contributed by atoms with Crippen molar-refractivity contribution >= 4 is 0 Å². The molecule has 0 bridgehead atoms. The summed E-state index contributed by atoms with van der Waals surface area (Å²) in [5.41, 5.74) is 0. The molecule has 4 saturated heterocycles. The highest BCUT2D eigenvalue weighted by Crippen LogP contribution is 2.12. The van der Waals surface area contributed by atoms with Crippen molar-refractivity contribution in [2.45, 2.75) is 242 Å². The standard InChI is InChI=1S/C8H17N.2C7H15N.C6H13N.8C2H6/c1-8(2)9-6-4-3-5-7-9;2*1-7(2)8-5-3-4-6-8;1-6(2)7-4-3-5-7;8*1-2/h8H,3-7H2,1-2H3;2*7H,3-6H2,1-2H3;6H,3-5H2,1-2H3;8*1-2H3. The smallest absolute Gasteiger partial charge is 0.00386 e. The van der Waals surface area contributed by atoms with Gasteiger partial charge in [0.15, 0.2) is 0 Å². The van der Waals surface area contributed by atoms with Gasteiger partial charge < -0.3 is 19.6 Å². The first kappa shape index (κ1) is 66.1. The van der Waals surface area contributed by atoms with Crippen molar-refractivity contribution < 1.29 is 0 Å². The molecule has 0 aromatic carbocycles. The van der Waals surface area contributed by atoms with Crippen LogP contribution in [0.4, 0.5) is 0 Å². The lowest BCUT2D eigenvalue weighted by Crippen LogP contribution is -2.41. The molecule has 4 aliphatic rings. The molecule has 0 aliphatic carbocycles. The average molecular weight is 693 g/mol. The van der Waals surface area contributed by atoms with Crippen LogP contribution in [-0.4, -0.2) is 96.1 Å². The van der Waals surface area contributed by atoms with E-state index < -0.39 is 0 Å². The van der Waals surface area contributed by atoms with E-state index in [4.69, 9.17) is 0 Å². The van der Waals surface area contributed by atoms with E-state index in [9.17, 15) is 0 Å². The first-order valence-electron chi connectivity index (χ1n) is 22.2. The Labute approximate surface area is 313 Å². The summed E-state index contributed by atoms with van der Waals surface area (Å²) in [7, 11) is 0. The zero-order valence-electron chi connectivity index (χ0n) is 39.4. The van der Waals surface area contributed by atoms with Gasteiger partial charge in [-0.2, -0.15) is 0 Å². The van der Waals surface area contributed by atoms with Gasteiger partial charge in [-0.3, -0.25) is 0 Å². The molecule has 4 nitrogen and oxygen atoms in total. The van der Waals surface area contributed by atoms with Crippen LogP contribution in [0.25, 0.3) is 0 Å². The Morgan fingerprint density at radius 3 is 0.417 bits per heavy atom. The van der Waals surface area contributed by atoms with Gasteiger partial charge in [0, 0.05) is 24.2 Å². The van der Waals surface area contributed by atoms with Crippen LogP contribution in [0, 0.1) is 0 Å². The van der Waals surface area contributed by atoms with Crippen LogP contribution in [0.3, 0.4) is 0 Å². The van der Waals surface area contributed by atoms with E-state index in [1.54, 1.807) is 0 Å². The van der Waals surface area contributed by atoms with Gasteiger partial charge >= 0.3 is 0 Å². The van der Waals surface area contributed by atoms with Crippen LogP contribution in [0.5, 0.6) is 0 Å². The maximum absolute atomic E-state index is 2.56. The van der Waals surface area contributed by atoms with Crippen molar-refractivity contribution in [3.63, 3.8) is 0 Å². The minimum Gasteiger partial charge on any atom is -0.301 e. The lowest BCUT2D eigenvalue weighted by Gasteiger charge is -2.34. The van der Waals surface area contributed by atoms with E-state index in [-0.39, 0.29) is 0 Å².